The van der Waals surface area contributed by atoms with Gasteiger partial charge >= 0.3 is 0 Å². The molecular formula is C13H21NOS. The summed E-state index contributed by atoms with van der Waals surface area (Å²) in [7, 11) is 0. The summed E-state index contributed by atoms with van der Waals surface area (Å²) in [6.07, 6.45) is 5.23. The van der Waals surface area contributed by atoms with E-state index in [1.165, 1.54) is 5.56 Å². The number of aliphatic hydroxyl groups is 1. The molecule has 2 rings (SSSR count). The number of hydrogen-bond acceptors (Lipinski definition) is 3. The molecule has 3 heteroatoms. The molecule has 90 valence electrons. The van der Waals surface area contributed by atoms with Gasteiger partial charge in [0.05, 0.1) is 6.10 Å². The normalized spacial score (nSPS) is 27.9. The first-order valence-corrected chi connectivity index (χ1v) is 7.13. The summed E-state index contributed by atoms with van der Waals surface area (Å²) < 4.78 is 0. The highest BCUT2D eigenvalue weighted by Crippen LogP contribution is 2.19. The molecule has 2 N–H and O–H groups in total. The number of nitrogens with one attached hydrogen (secondary N) is 1. The molecule has 1 heterocycles. The Bertz CT molecular complexity index is 291. The van der Waals surface area contributed by atoms with E-state index in [0.717, 1.165) is 32.1 Å². The van der Waals surface area contributed by atoms with E-state index in [2.05, 4.69) is 29.1 Å². The van der Waals surface area contributed by atoms with Crippen LogP contribution in [0.3, 0.4) is 0 Å². The molecule has 0 amide bonds. The Morgan fingerprint density at radius 1 is 1.44 bits per heavy atom. The Labute approximate surface area is 102 Å². The van der Waals surface area contributed by atoms with Gasteiger partial charge in [0.1, 0.15) is 0 Å². The maximum absolute atomic E-state index is 9.44. The first-order chi connectivity index (χ1) is 7.74. The van der Waals surface area contributed by atoms with Crippen LogP contribution in [0, 0.1) is 0 Å². The lowest BCUT2D eigenvalue weighted by Crippen LogP contribution is -2.40. The molecule has 1 aliphatic rings. The van der Waals surface area contributed by atoms with Crippen LogP contribution in [0.15, 0.2) is 16.8 Å². The van der Waals surface area contributed by atoms with Gasteiger partial charge in [-0.25, -0.2) is 0 Å². The average molecular weight is 239 g/mol. The third-order valence-electron chi connectivity index (χ3n) is 3.34. The van der Waals surface area contributed by atoms with Crippen LogP contribution in [0.25, 0.3) is 0 Å². The van der Waals surface area contributed by atoms with E-state index in [9.17, 15) is 5.11 Å². The summed E-state index contributed by atoms with van der Waals surface area (Å²) >= 11 is 1.77. The van der Waals surface area contributed by atoms with Gasteiger partial charge in [-0.05, 0) is 61.4 Å². The summed E-state index contributed by atoms with van der Waals surface area (Å²) in [6.45, 7) is 2.25. The zero-order valence-corrected chi connectivity index (χ0v) is 10.7. The number of thiophene rings is 1. The summed E-state index contributed by atoms with van der Waals surface area (Å²) in [5.74, 6) is 0. The Balaban J connectivity index is 1.72. The van der Waals surface area contributed by atoms with Crippen LogP contribution in [0.1, 0.15) is 38.2 Å². The van der Waals surface area contributed by atoms with Gasteiger partial charge in [0.15, 0.2) is 0 Å². The van der Waals surface area contributed by atoms with E-state index >= 15 is 0 Å². The second kappa shape index (κ2) is 5.80. The topological polar surface area (TPSA) is 32.3 Å². The average Bonchev–Trinajstić information content (AvgIpc) is 2.74. The molecule has 2 nitrogen and oxygen atoms in total. The van der Waals surface area contributed by atoms with Crippen molar-refractivity contribution in [3.63, 3.8) is 0 Å². The first kappa shape index (κ1) is 12.1. The number of rotatable bonds is 4. The molecular weight excluding hydrogens is 218 g/mol. The molecule has 1 aromatic heterocycles. The van der Waals surface area contributed by atoms with Gasteiger partial charge in [-0.3, -0.25) is 0 Å². The van der Waals surface area contributed by atoms with E-state index in [1.54, 1.807) is 11.3 Å². The van der Waals surface area contributed by atoms with Crippen molar-refractivity contribution in [2.75, 3.05) is 0 Å². The molecule has 0 saturated heterocycles. The van der Waals surface area contributed by atoms with Crippen LogP contribution in [0.2, 0.25) is 0 Å². The molecule has 0 aliphatic heterocycles. The molecule has 1 atom stereocenters. The number of hydrogen-bond donors (Lipinski definition) is 2. The monoisotopic (exact) mass is 239 g/mol. The van der Waals surface area contributed by atoms with Gasteiger partial charge in [0.25, 0.3) is 0 Å². The van der Waals surface area contributed by atoms with E-state index in [-0.39, 0.29) is 6.10 Å². The molecule has 1 aliphatic carbocycles. The fourth-order valence-corrected chi connectivity index (χ4v) is 3.15. The van der Waals surface area contributed by atoms with Crippen molar-refractivity contribution in [1.29, 1.82) is 0 Å². The van der Waals surface area contributed by atoms with Crippen molar-refractivity contribution in [1.82, 2.24) is 5.32 Å². The molecule has 0 radical (unpaired) electrons. The van der Waals surface area contributed by atoms with Crippen LogP contribution < -0.4 is 5.32 Å². The van der Waals surface area contributed by atoms with E-state index in [1.807, 2.05) is 0 Å². The Morgan fingerprint density at radius 2 is 2.19 bits per heavy atom. The predicted molar refractivity (Wildman–Crippen MR) is 68.9 cm³/mol. The van der Waals surface area contributed by atoms with Gasteiger partial charge in [0.2, 0.25) is 0 Å². The summed E-state index contributed by atoms with van der Waals surface area (Å²) in [5, 5.41) is 17.5. The highest BCUT2D eigenvalue weighted by Gasteiger charge is 2.20. The molecule has 1 aromatic rings. The van der Waals surface area contributed by atoms with Gasteiger partial charge in [-0.1, -0.05) is 0 Å². The molecule has 1 unspecified atom stereocenters. The van der Waals surface area contributed by atoms with Crippen LogP contribution in [0.4, 0.5) is 0 Å². The smallest absolute Gasteiger partial charge is 0.0541 e. The minimum absolute atomic E-state index is 0.0507. The molecule has 1 fully saturated rings. The summed E-state index contributed by atoms with van der Waals surface area (Å²) in [6, 6.07) is 3.35. The molecule has 16 heavy (non-hydrogen) atoms. The molecule has 0 spiro atoms. The Kier molecular flexibility index (Phi) is 4.38. The highest BCUT2D eigenvalue weighted by atomic mass is 32.1. The van der Waals surface area contributed by atoms with Crippen LogP contribution in [0.5, 0.6) is 0 Å². The maximum Gasteiger partial charge on any atom is 0.0541 e. The molecule has 1 saturated carbocycles. The van der Waals surface area contributed by atoms with Crippen molar-refractivity contribution in [3.8, 4) is 0 Å². The fraction of sp³-hybridized carbons (Fsp3) is 0.692. The van der Waals surface area contributed by atoms with Crippen molar-refractivity contribution < 1.29 is 5.11 Å². The van der Waals surface area contributed by atoms with E-state index < -0.39 is 0 Å². The third-order valence-corrected chi connectivity index (χ3v) is 4.07. The van der Waals surface area contributed by atoms with Gasteiger partial charge in [-0.2, -0.15) is 11.3 Å². The summed E-state index contributed by atoms with van der Waals surface area (Å²) in [4.78, 5) is 0. The molecule has 0 aromatic carbocycles. The number of aliphatic hydroxyl groups excluding tert-OH is 1. The maximum atomic E-state index is 9.44. The van der Waals surface area contributed by atoms with Crippen molar-refractivity contribution in [2.45, 2.75) is 57.2 Å². The minimum Gasteiger partial charge on any atom is -0.393 e. The minimum atomic E-state index is -0.0507. The SMILES string of the molecule is CC(Cc1ccsc1)NC1CCC(O)CC1. The second-order valence-corrected chi connectivity index (χ2v) is 5.69. The lowest BCUT2D eigenvalue weighted by atomic mass is 9.92. The van der Waals surface area contributed by atoms with E-state index in [0.29, 0.717) is 12.1 Å². The van der Waals surface area contributed by atoms with Crippen LogP contribution in [-0.4, -0.2) is 23.3 Å². The van der Waals surface area contributed by atoms with Gasteiger partial charge in [-0.15, -0.1) is 0 Å². The van der Waals surface area contributed by atoms with Crippen molar-refractivity contribution in [3.05, 3.63) is 22.4 Å². The van der Waals surface area contributed by atoms with Gasteiger partial charge in [0, 0.05) is 12.1 Å². The largest absolute Gasteiger partial charge is 0.393 e. The molecule has 0 bridgehead atoms. The third kappa shape index (κ3) is 3.58. The van der Waals surface area contributed by atoms with Crippen LogP contribution >= 0.6 is 11.3 Å². The predicted octanol–water partition coefficient (Wildman–Crippen LogP) is 2.57. The zero-order chi connectivity index (χ0) is 11.4. The zero-order valence-electron chi connectivity index (χ0n) is 9.86. The van der Waals surface area contributed by atoms with Crippen molar-refractivity contribution in [2.24, 2.45) is 0 Å². The fourth-order valence-electron chi connectivity index (χ4n) is 2.47. The van der Waals surface area contributed by atoms with Crippen LogP contribution in [-0.2, 0) is 6.42 Å². The van der Waals surface area contributed by atoms with Gasteiger partial charge < -0.3 is 10.4 Å². The highest BCUT2D eigenvalue weighted by molar-refractivity contribution is 7.07. The Hall–Kier alpha value is -0.380. The Morgan fingerprint density at radius 3 is 2.81 bits per heavy atom. The first-order valence-electron chi connectivity index (χ1n) is 6.19. The van der Waals surface area contributed by atoms with E-state index in [4.69, 9.17) is 0 Å². The lowest BCUT2D eigenvalue weighted by molar-refractivity contribution is 0.114. The standard InChI is InChI=1S/C13H21NOS/c1-10(8-11-6-7-16-9-11)14-12-2-4-13(15)5-3-12/h6-7,9-10,12-15H,2-5,8H2,1H3. The second-order valence-electron chi connectivity index (χ2n) is 4.91. The quantitative estimate of drug-likeness (QED) is 0.846. The van der Waals surface area contributed by atoms with Crippen molar-refractivity contribution >= 4 is 11.3 Å². The lowest BCUT2D eigenvalue weighted by Gasteiger charge is -2.29. The summed E-state index contributed by atoms with van der Waals surface area (Å²) in [5.41, 5.74) is 1.43.